The zero-order chi connectivity index (χ0) is 14.5. The van der Waals surface area contributed by atoms with Gasteiger partial charge in [-0.3, -0.25) is 0 Å². The fraction of sp³-hybridized carbons (Fsp3) is 0.875. The normalized spacial score (nSPS) is 36.1. The predicted octanol–water partition coefficient (Wildman–Crippen LogP) is 4.22. The van der Waals surface area contributed by atoms with E-state index in [1.54, 1.807) is 5.57 Å². The van der Waals surface area contributed by atoms with Gasteiger partial charge in [-0.2, -0.15) is 0 Å². The Morgan fingerprint density at radius 3 is 2.53 bits per heavy atom. The van der Waals surface area contributed by atoms with E-state index in [0.717, 1.165) is 12.8 Å². The lowest BCUT2D eigenvalue weighted by atomic mass is 9.73. The molecule has 1 fully saturated rings. The Hall–Kier alpha value is -0.123. The SMILES string of the molecule is CC(C)(C)[Si](C)(C)O[C@H]1C=C2CC[C@@H](N)[C@]2(C)CC1. The molecular weight excluding hydrogens is 250 g/mol. The highest BCUT2D eigenvalue weighted by Crippen LogP contribution is 2.49. The molecule has 0 aromatic carbocycles. The molecule has 0 unspecified atom stereocenters. The summed E-state index contributed by atoms with van der Waals surface area (Å²) in [4.78, 5) is 0. The van der Waals surface area contributed by atoms with Gasteiger partial charge in [-0.1, -0.05) is 39.3 Å². The second-order valence-electron chi connectivity index (χ2n) is 8.21. The third kappa shape index (κ3) is 2.70. The first-order valence-electron chi connectivity index (χ1n) is 7.71. The molecular formula is C16H31NOSi. The minimum atomic E-state index is -1.65. The van der Waals surface area contributed by atoms with Crippen molar-refractivity contribution in [2.45, 2.75) is 83.7 Å². The quantitative estimate of drug-likeness (QED) is 0.607. The van der Waals surface area contributed by atoms with Crippen molar-refractivity contribution in [3.05, 3.63) is 11.6 Å². The van der Waals surface area contributed by atoms with E-state index in [-0.39, 0.29) is 5.41 Å². The van der Waals surface area contributed by atoms with E-state index in [4.69, 9.17) is 10.2 Å². The van der Waals surface area contributed by atoms with Gasteiger partial charge in [0.15, 0.2) is 8.32 Å². The Morgan fingerprint density at radius 1 is 1.32 bits per heavy atom. The van der Waals surface area contributed by atoms with Crippen molar-refractivity contribution in [2.24, 2.45) is 11.1 Å². The molecule has 2 aliphatic rings. The van der Waals surface area contributed by atoms with Crippen LogP contribution in [0.25, 0.3) is 0 Å². The van der Waals surface area contributed by atoms with Crippen molar-refractivity contribution in [3.63, 3.8) is 0 Å². The van der Waals surface area contributed by atoms with Gasteiger partial charge in [-0.25, -0.2) is 0 Å². The van der Waals surface area contributed by atoms with Crippen molar-refractivity contribution in [1.82, 2.24) is 0 Å². The first-order valence-corrected chi connectivity index (χ1v) is 10.6. The maximum absolute atomic E-state index is 6.55. The first-order chi connectivity index (χ1) is 8.56. The number of fused-ring (bicyclic) bond motifs is 1. The number of hydrogen-bond acceptors (Lipinski definition) is 2. The summed E-state index contributed by atoms with van der Waals surface area (Å²) in [6, 6.07) is 0.354. The fourth-order valence-corrected chi connectivity index (χ4v) is 4.47. The maximum Gasteiger partial charge on any atom is 0.192 e. The van der Waals surface area contributed by atoms with Crippen molar-refractivity contribution in [2.75, 3.05) is 0 Å². The highest BCUT2D eigenvalue weighted by molar-refractivity contribution is 6.74. The highest BCUT2D eigenvalue weighted by atomic mass is 28.4. The minimum absolute atomic E-state index is 0.257. The van der Waals surface area contributed by atoms with Gasteiger partial charge >= 0.3 is 0 Å². The average Bonchev–Trinajstić information content (AvgIpc) is 2.54. The summed E-state index contributed by atoms with van der Waals surface area (Å²) in [6.07, 6.45) is 7.40. The van der Waals surface area contributed by atoms with Gasteiger partial charge in [0.2, 0.25) is 0 Å². The second-order valence-corrected chi connectivity index (χ2v) is 13.0. The standard InChI is InChI=1S/C16H31NOSi/c1-15(2,3)19(5,6)18-13-9-10-16(4)12(11-13)7-8-14(16)17/h11,13-14H,7-10,17H2,1-6H3/t13-,14-,16-/m1/s1. The molecule has 0 aromatic rings. The van der Waals surface area contributed by atoms with E-state index >= 15 is 0 Å². The number of hydrogen-bond donors (Lipinski definition) is 1. The Morgan fingerprint density at radius 2 is 1.95 bits per heavy atom. The number of nitrogens with two attached hydrogens (primary N) is 1. The Labute approximate surface area is 119 Å². The average molecular weight is 282 g/mol. The van der Waals surface area contributed by atoms with E-state index < -0.39 is 8.32 Å². The van der Waals surface area contributed by atoms with Crippen LogP contribution in [0.3, 0.4) is 0 Å². The summed E-state index contributed by atoms with van der Waals surface area (Å²) in [6.45, 7) is 14.0. The van der Waals surface area contributed by atoms with Gasteiger partial charge in [0.1, 0.15) is 0 Å². The molecule has 0 amide bonds. The third-order valence-corrected chi connectivity index (χ3v) is 10.4. The summed E-state index contributed by atoms with van der Waals surface area (Å²) in [7, 11) is -1.65. The van der Waals surface area contributed by atoms with E-state index in [2.05, 4.69) is 46.9 Å². The van der Waals surface area contributed by atoms with Crippen molar-refractivity contribution < 1.29 is 4.43 Å². The van der Waals surface area contributed by atoms with E-state index in [1.165, 1.54) is 12.8 Å². The molecule has 2 aliphatic carbocycles. The largest absolute Gasteiger partial charge is 0.411 e. The van der Waals surface area contributed by atoms with E-state index in [1.807, 2.05) is 0 Å². The van der Waals surface area contributed by atoms with Crippen LogP contribution in [0, 0.1) is 5.41 Å². The Balaban J connectivity index is 2.12. The molecule has 2 nitrogen and oxygen atoms in total. The highest BCUT2D eigenvalue weighted by Gasteiger charge is 2.45. The Kier molecular flexibility index (Phi) is 3.79. The third-order valence-electron chi connectivity index (χ3n) is 5.86. The van der Waals surface area contributed by atoms with Crippen molar-refractivity contribution >= 4 is 8.32 Å². The Bertz CT molecular complexity index is 383. The van der Waals surface area contributed by atoms with Gasteiger partial charge in [-0.05, 0) is 43.8 Å². The van der Waals surface area contributed by atoms with Crippen LogP contribution in [0.2, 0.25) is 18.1 Å². The van der Waals surface area contributed by atoms with Crippen LogP contribution in [0.15, 0.2) is 11.6 Å². The van der Waals surface area contributed by atoms with Crippen LogP contribution in [0.5, 0.6) is 0 Å². The van der Waals surface area contributed by atoms with E-state index in [0.29, 0.717) is 17.2 Å². The molecule has 3 heteroatoms. The van der Waals surface area contributed by atoms with Gasteiger partial charge in [0.25, 0.3) is 0 Å². The number of rotatable bonds is 2. The zero-order valence-electron chi connectivity index (χ0n) is 13.5. The lowest BCUT2D eigenvalue weighted by Crippen LogP contribution is -2.45. The van der Waals surface area contributed by atoms with Crippen LogP contribution in [-0.4, -0.2) is 20.5 Å². The van der Waals surface area contributed by atoms with Crippen molar-refractivity contribution in [3.8, 4) is 0 Å². The summed E-state index contributed by atoms with van der Waals surface area (Å²) in [5.74, 6) is 0. The van der Waals surface area contributed by atoms with Gasteiger partial charge in [-0.15, -0.1) is 0 Å². The molecule has 0 aliphatic heterocycles. The molecule has 110 valence electrons. The molecule has 0 aromatic heterocycles. The first kappa shape index (κ1) is 15.3. The summed E-state index contributed by atoms with van der Waals surface area (Å²) < 4.78 is 6.55. The molecule has 0 heterocycles. The van der Waals surface area contributed by atoms with Gasteiger partial charge in [0, 0.05) is 11.5 Å². The topological polar surface area (TPSA) is 35.2 Å². The second kappa shape index (κ2) is 4.71. The predicted molar refractivity (Wildman–Crippen MR) is 84.7 cm³/mol. The van der Waals surface area contributed by atoms with E-state index in [9.17, 15) is 0 Å². The molecule has 19 heavy (non-hydrogen) atoms. The minimum Gasteiger partial charge on any atom is -0.411 e. The van der Waals surface area contributed by atoms with Crippen LogP contribution < -0.4 is 5.73 Å². The molecule has 0 spiro atoms. The molecule has 0 saturated heterocycles. The summed E-state index contributed by atoms with van der Waals surface area (Å²) >= 11 is 0. The molecule has 2 N–H and O–H groups in total. The lowest BCUT2D eigenvalue weighted by Gasteiger charge is -2.42. The monoisotopic (exact) mass is 281 g/mol. The molecule has 1 saturated carbocycles. The summed E-state index contributed by atoms with van der Waals surface area (Å²) in [5, 5.41) is 0.290. The maximum atomic E-state index is 6.55. The smallest absolute Gasteiger partial charge is 0.192 e. The van der Waals surface area contributed by atoms with Crippen LogP contribution in [0.1, 0.15) is 53.4 Å². The zero-order valence-corrected chi connectivity index (χ0v) is 14.5. The molecule has 3 atom stereocenters. The lowest BCUT2D eigenvalue weighted by molar-refractivity contribution is 0.170. The van der Waals surface area contributed by atoms with Crippen LogP contribution >= 0.6 is 0 Å². The molecule has 0 bridgehead atoms. The van der Waals surface area contributed by atoms with Gasteiger partial charge < -0.3 is 10.2 Å². The molecule has 0 radical (unpaired) electrons. The van der Waals surface area contributed by atoms with Crippen molar-refractivity contribution in [1.29, 1.82) is 0 Å². The van der Waals surface area contributed by atoms with Crippen LogP contribution in [0.4, 0.5) is 0 Å². The summed E-state index contributed by atoms with van der Waals surface area (Å²) in [5.41, 5.74) is 8.11. The van der Waals surface area contributed by atoms with Crippen LogP contribution in [-0.2, 0) is 4.43 Å². The fourth-order valence-electron chi connectivity index (χ4n) is 3.17. The van der Waals surface area contributed by atoms with Gasteiger partial charge in [0.05, 0.1) is 6.10 Å². The molecule has 2 rings (SSSR count).